The van der Waals surface area contributed by atoms with E-state index in [9.17, 15) is 33.6 Å². The average Bonchev–Trinajstić information content (AvgIpc) is 3.29. The summed E-state index contributed by atoms with van der Waals surface area (Å²) in [7, 11) is 3.83. The van der Waals surface area contributed by atoms with Crippen molar-refractivity contribution in [3.05, 3.63) is 0 Å². The molecule has 0 spiro atoms. The van der Waals surface area contributed by atoms with Crippen LogP contribution < -0.4 is 0 Å². The van der Waals surface area contributed by atoms with Gasteiger partial charge in [-0.3, -0.25) is 28.8 Å². The van der Waals surface area contributed by atoms with Crippen LogP contribution in [-0.4, -0.2) is 113 Å². The Kier molecular flexibility index (Phi) is 42.2. The van der Waals surface area contributed by atoms with Crippen LogP contribution in [0.25, 0.3) is 0 Å². The van der Waals surface area contributed by atoms with E-state index in [4.69, 9.17) is 33.2 Å². The van der Waals surface area contributed by atoms with Crippen LogP contribution in [0.2, 0.25) is 0 Å². The molecular weight excluding hydrogens is 863 g/mol. The quantitative estimate of drug-likeness (QED) is 0.0318. The molecule has 0 atom stereocenters. The molecule has 0 radical (unpaired) electrons. The molecule has 0 saturated heterocycles. The standard InChI is InChI=1S/C52H93NO14/c1-6-9-12-15-21-32-45(54)61-37-26-18-29-40-64-49(58)43-52(67-48(57)35-24-25-36-53(4)5,51(60)66-42-31-20-28-39-63-47(56)34-23-17-14-11-8-3)44-50(59)65-41-30-19-27-38-62-46(55)33-22-16-13-10-7-2/h6-44H2,1-5H3. The molecule has 67 heavy (non-hydrogen) atoms. The van der Waals surface area contributed by atoms with E-state index in [-0.39, 0.29) is 64.0 Å². The molecule has 0 unspecified atom stereocenters. The summed E-state index contributed by atoms with van der Waals surface area (Å²) < 4.78 is 38.4. The third-order valence-electron chi connectivity index (χ3n) is 11.1. The first-order chi connectivity index (χ1) is 32.4. The Morgan fingerprint density at radius 3 is 0.955 bits per heavy atom. The van der Waals surface area contributed by atoms with Gasteiger partial charge in [0.15, 0.2) is 0 Å². The van der Waals surface area contributed by atoms with Gasteiger partial charge in [0.25, 0.3) is 0 Å². The van der Waals surface area contributed by atoms with Crippen LogP contribution in [0.4, 0.5) is 0 Å². The number of carbonyl (C=O) groups excluding carboxylic acids is 7. The molecule has 0 aromatic heterocycles. The van der Waals surface area contributed by atoms with E-state index < -0.39 is 42.3 Å². The van der Waals surface area contributed by atoms with Gasteiger partial charge in [0.2, 0.25) is 5.60 Å². The fraction of sp³-hybridized carbons (Fsp3) is 0.865. The Morgan fingerprint density at radius 1 is 0.328 bits per heavy atom. The molecule has 0 saturated carbocycles. The highest BCUT2D eigenvalue weighted by Gasteiger charge is 2.49. The smallest absolute Gasteiger partial charge is 0.351 e. The predicted octanol–water partition coefficient (Wildman–Crippen LogP) is 10.6. The van der Waals surface area contributed by atoms with E-state index in [1.807, 2.05) is 19.0 Å². The zero-order chi connectivity index (χ0) is 49.6. The molecule has 0 N–H and O–H groups in total. The highest BCUT2D eigenvalue weighted by molar-refractivity contribution is 5.92. The van der Waals surface area contributed by atoms with Gasteiger partial charge in [0.05, 0.1) is 52.5 Å². The molecule has 15 nitrogen and oxygen atoms in total. The first-order valence-corrected chi connectivity index (χ1v) is 26.2. The van der Waals surface area contributed by atoms with Gasteiger partial charge in [-0.2, -0.15) is 0 Å². The topological polar surface area (TPSA) is 187 Å². The third kappa shape index (κ3) is 39.9. The number of unbranched alkanes of at least 4 members (excludes halogenated alkanes) is 19. The maximum absolute atomic E-state index is 14.0. The van der Waals surface area contributed by atoms with Crippen molar-refractivity contribution in [3.8, 4) is 0 Å². The monoisotopic (exact) mass is 956 g/mol. The fourth-order valence-corrected chi connectivity index (χ4v) is 7.06. The minimum absolute atomic E-state index is 0.00400. The van der Waals surface area contributed by atoms with E-state index in [1.54, 1.807) is 0 Å². The second kappa shape index (κ2) is 44.7. The largest absolute Gasteiger partial charge is 0.466 e. The molecule has 390 valence electrons. The lowest BCUT2D eigenvalue weighted by molar-refractivity contribution is -0.191. The van der Waals surface area contributed by atoms with Gasteiger partial charge in [-0.05, 0) is 111 Å². The van der Waals surface area contributed by atoms with E-state index in [2.05, 4.69) is 20.8 Å². The molecule has 0 amide bonds. The van der Waals surface area contributed by atoms with Gasteiger partial charge in [-0.1, -0.05) is 97.8 Å². The molecule has 0 aliphatic heterocycles. The van der Waals surface area contributed by atoms with Crippen molar-refractivity contribution >= 4 is 41.8 Å². The van der Waals surface area contributed by atoms with Crippen LogP contribution in [-0.2, 0) is 66.7 Å². The van der Waals surface area contributed by atoms with Gasteiger partial charge in [-0.15, -0.1) is 0 Å². The van der Waals surface area contributed by atoms with E-state index in [0.29, 0.717) is 89.9 Å². The first kappa shape index (κ1) is 63.2. The number of carbonyl (C=O) groups is 7. The molecular formula is C52H93NO14. The number of nitrogens with zero attached hydrogens (tertiary/aromatic N) is 1. The van der Waals surface area contributed by atoms with E-state index >= 15 is 0 Å². The second-order valence-corrected chi connectivity index (χ2v) is 18.0. The zero-order valence-corrected chi connectivity index (χ0v) is 42.7. The molecule has 0 rings (SSSR count). The Bertz CT molecular complexity index is 1250. The summed E-state index contributed by atoms with van der Waals surface area (Å²) in [4.78, 5) is 92.3. The van der Waals surface area contributed by atoms with Crippen LogP contribution in [0.1, 0.15) is 226 Å². The van der Waals surface area contributed by atoms with Crippen LogP contribution in [0.5, 0.6) is 0 Å². The van der Waals surface area contributed by atoms with Gasteiger partial charge in [0, 0.05) is 25.7 Å². The summed E-state index contributed by atoms with van der Waals surface area (Å²) in [5.74, 6) is -4.22. The van der Waals surface area contributed by atoms with Crippen molar-refractivity contribution in [1.82, 2.24) is 4.90 Å². The second-order valence-electron chi connectivity index (χ2n) is 18.0. The average molecular weight is 956 g/mol. The molecule has 0 aromatic carbocycles. The minimum atomic E-state index is -2.34. The molecule has 0 aromatic rings. The maximum atomic E-state index is 14.0. The predicted molar refractivity (Wildman–Crippen MR) is 258 cm³/mol. The van der Waals surface area contributed by atoms with Crippen LogP contribution in [0.15, 0.2) is 0 Å². The molecule has 0 heterocycles. The van der Waals surface area contributed by atoms with E-state index in [0.717, 1.165) is 103 Å². The van der Waals surface area contributed by atoms with Crippen molar-refractivity contribution in [3.63, 3.8) is 0 Å². The Labute approximate surface area is 404 Å². The Balaban J connectivity index is 5.52. The minimum Gasteiger partial charge on any atom is -0.466 e. The molecule has 0 bridgehead atoms. The Morgan fingerprint density at radius 2 is 0.612 bits per heavy atom. The van der Waals surface area contributed by atoms with Gasteiger partial charge in [-0.25, -0.2) is 4.79 Å². The van der Waals surface area contributed by atoms with Gasteiger partial charge < -0.3 is 38.1 Å². The number of rotatable bonds is 47. The lowest BCUT2D eigenvalue weighted by Gasteiger charge is -2.30. The van der Waals surface area contributed by atoms with Crippen LogP contribution >= 0.6 is 0 Å². The lowest BCUT2D eigenvalue weighted by atomic mass is 9.94. The number of hydrogen-bond donors (Lipinski definition) is 0. The van der Waals surface area contributed by atoms with Crippen LogP contribution in [0, 0.1) is 0 Å². The normalized spacial score (nSPS) is 11.3. The molecule has 0 aliphatic carbocycles. The van der Waals surface area contributed by atoms with Crippen molar-refractivity contribution in [1.29, 1.82) is 0 Å². The number of esters is 7. The summed E-state index contributed by atoms with van der Waals surface area (Å²) in [5.41, 5.74) is -2.34. The summed E-state index contributed by atoms with van der Waals surface area (Å²) in [6, 6.07) is 0. The third-order valence-corrected chi connectivity index (χ3v) is 11.1. The maximum Gasteiger partial charge on any atom is 0.351 e. The number of hydrogen-bond acceptors (Lipinski definition) is 15. The van der Waals surface area contributed by atoms with Gasteiger partial charge >= 0.3 is 41.8 Å². The van der Waals surface area contributed by atoms with Crippen molar-refractivity contribution < 1.29 is 66.7 Å². The van der Waals surface area contributed by atoms with Crippen molar-refractivity contribution in [2.45, 2.75) is 232 Å². The van der Waals surface area contributed by atoms with E-state index in [1.165, 1.54) is 0 Å². The first-order valence-electron chi connectivity index (χ1n) is 26.2. The summed E-state index contributed by atoms with van der Waals surface area (Å²) >= 11 is 0. The molecule has 0 aliphatic rings. The Hall–Kier alpha value is -3.75. The highest BCUT2D eigenvalue weighted by Crippen LogP contribution is 2.27. The summed E-state index contributed by atoms with van der Waals surface area (Å²) in [5, 5.41) is 0. The number of ether oxygens (including phenoxy) is 7. The molecule has 15 heteroatoms. The van der Waals surface area contributed by atoms with Crippen LogP contribution in [0.3, 0.4) is 0 Å². The summed E-state index contributed by atoms with van der Waals surface area (Å²) in [6.45, 7) is 7.81. The summed E-state index contributed by atoms with van der Waals surface area (Å²) in [6.07, 6.45) is 21.1. The van der Waals surface area contributed by atoms with Gasteiger partial charge in [0.1, 0.15) is 0 Å². The lowest BCUT2D eigenvalue weighted by Crippen LogP contribution is -2.48. The van der Waals surface area contributed by atoms with Crippen molar-refractivity contribution in [2.75, 3.05) is 60.3 Å². The van der Waals surface area contributed by atoms with Crippen molar-refractivity contribution in [2.24, 2.45) is 0 Å². The molecule has 0 fully saturated rings. The zero-order valence-electron chi connectivity index (χ0n) is 42.7. The fourth-order valence-electron chi connectivity index (χ4n) is 7.06. The SMILES string of the molecule is CCCCCCCC(=O)OCCCCCOC(=O)CC(CC(=O)OCCCCCOC(=O)CCCCCCC)(OC(=O)CCCCN(C)C)C(=O)OCCCCCOC(=O)CCCCCCC. The highest BCUT2D eigenvalue weighted by atomic mass is 16.6.